The molecule has 0 aliphatic carbocycles. The van der Waals surface area contributed by atoms with Gasteiger partial charge in [-0.05, 0) is 24.3 Å². The van der Waals surface area contributed by atoms with Crippen molar-refractivity contribution in [1.82, 2.24) is 10.3 Å². The van der Waals surface area contributed by atoms with Gasteiger partial charge in [0, 0.05) is 23.0 Å². The molecule has 0 atom stereocenters. The molecule has 4 nitrogen and oxygen atoms in total. The van der Waals surface area contributed by atoms with E-state index in [1.54, 1.807) is 6.07 Å². The number of aromatic nitrogens is 1. The molecule has 126 valence electrons. The van der Waals surface area contributed by atoms with E-state index in [4.69, 9.17) is 16.6 Å². The number of amides is 1. The van der Waals surface area contributed by atoms with Crippen molar-refractivity contribution in [3.05, 3.63) is 46.7 Å². The first-order valence-electron chi connectivity index (χ1n) is 6.95. The maximum atomic E-state index is 13.0. The van der Waals surface area contributed by atoms with Crippen LogP contribution in [0.15, 0.2) is 39.8 Å². The van der Waals surface area contributed by atoms with E-state index in [2.05, 4.69) is 10.3 Å². The SMILES string of the molecule is O=C1NC(=S)S/C1=C\c1cc2cnc3ccc(C(F)(F)F)cc3c2o1. The van der Waals surface area contributed by atoms with Crippen molar-refractivity contribution in [2.45, 2.75) is 6.18 Å². The molecule has 1 amide bonds. The van der Waals surface area contributed by atoms with Gasteiger partial charge in [0.05, 0.1) is 16.0 Å². The zero-order valence-corrected chi connectivity index (χ0v) is 13.8. The van der Waals surface area contributed by atoms with Gasteiger partial charge in [0.2, 0.25) is 0 Å². The summed E-state index contributed by atoms with van der Waals surface area (Å²) in [4.78, 5) is 16.2. The van der Waals surface area contributed by atoms with Gasteiger partial charge in [-0.2, -0.15) is 13.2 Å². The number of nitrogens with zero attached hydrogens (tertiary/aromatic N) is 1. The second kappa shape index (κ2) is 5.57. The molecule has 0 spiro atoms. The van der Waals surface area contributed by atoms with Crippen LogP contribution in [0.4, 0.5) is 13.2 Å². The van der Waals surface area contributed by atoms with Crippen molar-refractivity contribution in [3.8, 4) is 0 Å². The summed E-state index contributed by atoms with van der Waals surface area (Å²) in [6.07, 6.45) is -1.44. The summed E-state index contributed by atoms with van der Waals surface area (Å²) in [7, 11) is 0. The van der Waals surface area contributed by atoms with E-state index in [0.29, 0.717) is 25.9 Å². The van der Waals surface area contributed by atoms with Crippen LogP contribution in [0.3, 0.4) is 0 Å². The lowest BCUT2D eigenvalue weighted by molar-refractivity contribution is -0.137. The molecule has 1 N–H and O–H groups in total. The Morgan fingerprint density at radius 1 is 1.28 bits per heavy atom. The van der Waals surface area contributed by atoms with E-state index in [-0.39, 0.29) is 16.9 Å². The fourth-order valence-electron chi connectivity index (χ4n) is 2.50. The van der Waals surface area contributed by atoms with Crippen molar-refractivity contribution >= 4 is 62.2 Å². The number of halogens is 3. The zero-order chi connectivity index (χ0) is 17.8. The van der Waals surface area contributed by atoms with Crippen molar-refractivity contribution in [1.29, 1.82) is 0 Å². The van der Waals surface area contributed by atoms with E-state index >= 15 is 0 Å². The Labute approximate surface area is 148 Å². The summed E-state index contributed by atoms with van der Waals surface area (Å²) < 4.78 is 44.9. The Bertz CT molecular complexity index is 1090. The second-order valence-corrected chi connectivity index (χ2v) is 6.99. The molecule has 1 fully saturated rings. The van der Waals surface area contributed by atoms with Gasteiger partial charge in [-0.15, -0.1) is 0 Å². The number of carbonyl (C=O) groups is 1. The van der Waals surface area contributed by atoms with Crippen molar-refractivity contribution in [2.75, 3.05) is 0 Å². The average molecular weight is 380 g/mol. The number of hydrogen-bond acceptors (Lipinski definition) is 5. The van der Waals surface area contributed by atoms with Gasteiger partial charge in [-0.25, -0.2) is 0 Å². The largest absolute Gasteiger partial charge is 0.456 e. The summed E-state index contributed by atoms with van der Waals surface area (Å²) >= 11 is 6.00. The number of fused-ring (bicyclic) bond motifs is 3. The van der Waals surface area contributed by atoms with Gasteiger partial charge < -0.3 is 9.73 Å². The van der Waals surface area contributed by atoms with Crippen LogP contribution in [0.5, 0.6) is 0 Å². The molecule has 1 saturated heterocycles. The van der Waals surface area contributed by atoms with Crippen LogP contribution in [-0.2, 0) is 11.0 Å². The third-order valence-corrected chi connectivity index (χ3v) is 4.77. The van der Waals surface area contributed by atoms with Crippen LogP contribution in [0, 0.1) is 0 Å². The molecule has 3 heterocycles. The van der Waals surface area contributed by atoms with Crippen molar-refractivity contribution in [3.63, 3.8) is 0 Å². The molecule has 0 bridgehead atoms. The van der Waals surface area contributed by atoms with Crippen LogP contribution in [-0.4, -0.2) is 15.2 Å². The lowest BCUT2D eigenvalue weighted by Crippen LogP contribution is -2.17. The molecular formula is C16H7F3N2O2S2. The number of thiocarbonyl (C=S) groups is 1. The van der Waals surface area contributed by atoms with Crippen LogP contribution in [0.2, 0.25) is 0 Å². The molecule has 0 saturated carbocycles. The van der Waals surface area contributed by atoms with Crippen LogP contribution >= 0.6 is 24.0 Å². The number of pyridine rings is 1. The van der Waals surface area contributed by atoms with Crippen LogP contribution in [0.1, 0.15) is 11.3 Å². The Morgan fingerprint density at radius 3 is 2.76 bits per heavy atom. The number of hydrogen-bond donors (Lipinski definition) is 1. The van der Waals surface area contributed by atoms with E-state index in [1.807, 2.05) is 0 Å². The predicted molar refractivity (Wildman–Crippen MR) is 92.8 cm³/mol. The summed E-state index contributed by atoms with van der Waals surface area (Å²) in [5, 5.41) is 3.29. The highest BCUT2D eigenvalue weighted by Gasteiger charge is 2.31. The zero-order valence-electron chi connectivity index (χ0n) is 12.2. The maximum Gasteiger partial charge on any atom is 0.416 e. The molecule has 2 aromatic heterocycles. The van der Waals surface area contributed by atoms with Crippen molar-refractivity contribution in [2.24, 2.45) is 0 Å². The minimum Gasteiger partial charge on any atom is -0.456 e. The van der Waals surface area contributed by atoms with Gasteiger partial charge >= 0.3 is 6.18 Å². The molecule has 0 radical (unpaired) electrons. The number of carbonyl (C=O) groups excluding carboxylic acids is 1. The Balaban J connectivity index is 1.87. The fourth-order valence-corrected chi connectivity index (χ4v) is 3.52. The number of thioether (sulfide) groups is 1. The van der Waals surface area contributed by atoms with Gasteiger partial charge in [0.25, 0.3) is 5.91 Å². The van der Waals surface area contributed by atoms with E-state index in [0.717, 1.165) is 23.9 Å². The summed E-state index contributed by atoms with van der Waals surface area (Å²) in [6, 6.07) is 4.91. The number of alkyl halides is 3. The van der Waals surface area contributed by atoms with E-state index in [1.165, 1.54) is 18.3 Å². The first-order valence-corrected chi connectivity index (χ1v) is 8.18. The molecular weight excluding hydrogens is 373 g/mol. The quantitative estimate of drug-likeness (QED) is 0.498. The third kappa shape index (κ3) is 2.89. The molecule has 25 heavy (non-hydrogen) atoms. The number of benzene rings is 1. The van der Waals surface area contributed by atoms with E-state index in [9.17, 15) is 18.0 Å². The average Bonchev–Trinajstić information content (AvgIpc) is 3.09. The summed E-state index contributed by atoms with van der Waals surface area (Å²) in [6.45, 7) is 0. The lowest BCUT2D eigenvalue weighted by atomic mass is 10.1. The first-order chi connectivity index (χ1) is 11.8. The van der Waals surface area contributed by atoms with Crippen molar-refractivity contribution < 1.29 is 22.4 Å². The second-order valence-electron chi connectivity index (χ2n) is 5.27. The predicted octanol–water partition coefficient (Wildman–Crippen LogP) is 4.49. The summed E-state index contributed by atoms with van der Waals surface area (Å²) in [5.41, 5.74) is -0.0983. The molecule has 9 heteroatoms. The van der Waals surface area contributed by atoms with E-state index < -0.39 is 11.7 Å². The first kappa shape index (κ1) is 16.1. The number of rotatable bonds is 1. The minimum atomic E-state index is -4.46. The maximum absolute atomic E-state index is 13.0. The van der Waals surface area contributed by atoms with Crippen LogP contribution in [0.25, 0.3) is 27.9 Å². The smallest absolute Gasteiger partial charge is 0.416 e. The minimum absolute atomic E-state index is 0.260. The monoisotopic (exact) mass is 380 g/mol. The fraction of sp³-hybridized carbons (Fsp3) is 0.0625. The Hall–Kier alpha value is -2.39. The standard InChI is InChI=1S/C16H7F3N2O2S2/c17-16(18,19)8-1-2-11-10(4-8)13-7(6-20-11)3-9(23-13)5-12-14(22)21-15(24)25-12/h1-6H,(H,21,22,24)/b12-5-. The molecule has 1 aliphatic heterocycles. The molecule has 1 aromatic carbocycles. The van der Waals surface area contributed by atoms with Crippen LogP contribution < -0.4 is 5.32 Å². The topological polar surface area (TPSA) is 55.1 Å². The lowest BCUT2D eigenvalue weighted by Gasteiger charge is -2.07. The number of nitrogens with one attached hydrogen (secondary N) is 1. The molecule has 0 unspecified atom stereocenters. The molecule has 1 aliphatic rings. The summed E-state index contributed by atoms with van der Waals surface area (Å²) in [5.74, 6) is 0.00172. The van der Waals surface area contributed by atoms with Gasteiger partial charge in [-0.1, -0.05) is 24.0 Å². The Kier molecular flexibility index (Phi) is 3.58. The highest BCUT2D eigenvalue weighted by atomic mass is 32.2. The number of furan rings is 1. The molecule has 4 rings (SSSR count). The highest BCUT2D eigenvalue weighted by molar-refractivity contribution is 8.26. The van der Waals surface area contributed by atoms with Gasteiger partial charge in [0.15, 0.2) is 0 Å². The third-order valence-electron chi connectivity index (χ3n) is 3.61. The highest BCUT2D eigenvalue weighted by Crippen LogP contribution is 2.35. The molecule has 3 aromatic rings. The normalized spacial score (nSPS) is 17.0. The van der Waals surface area contributed by atoms with Gasteiger partial charge in [0.1, 0.15) is 15.7 Å². The Morgan fingerprint density at radius 2 is 2.08 bits per heavy atom. The van der Waals surface area contributed by atoms with Gasteiger partial charge in [-0.3, -0.25) is 9.78 Å².